The number of hydrogen-bond donors (Lipinski definition) is 0. The fourth-order valence-electron chi connectivity index (χ4n) is 2.57. The molecule has 0 aromatic carbocycles. The molecule has 0 saturated carbocycles. The van der Waals surface area contributed by atoms with E-state index in [1.807, 2.05) is 19.1 Å². The Kier molecular flexibility index (Phi) is 3.84. The van der Waals surface area contributed by atoms with Gasteiger partial charge in [-0.3, -0.25) is 9.80 Å². The Labute approximate surface area is 118 Å². The number of aromatic nitrogens is 2. The maximum absolute atomic E-state index is 5.39. The molecule has 0 aliphatic carbocycles. The Hall–Kier alpha value is -1.66. The summed E-state index contributed by atoms with van der Waals surface area (Å²) in [5, 5.41) is 3.86. The van der Waals surface area contributed by atoms with Crippen LogP contribution in [0.2, 0.25) is 0 Å². The predicted octanol–water partition coefficient (Wildman–Crippen LogP) is 1.85. The summed E-state index contributed by atoms with van der Waals surface area (Å²) in [6, 6.07) is 4.14. The first kappa shape index (κ1) is 13.3. The first-order chi connectivity index (χ1) is 9.72. The van der Waals surface area contributed by atoms with Crippen LogP contribution in [0.5, 0.6) is 0 Å². The average Bonchev–Trinajstić information content (AvgIpc) is 3.10. The van der Waals surface area contributed by atoms with Crippen LogP contribution in [0.1, 0.15) is 30.4 Å². The van der Waals surface area contributed by atoms with Crippen molar-refractivity contribution in [2.45, 2.75) is 26.4 Å². The third-order valence-corrected chi connectivity index (χ3v) is 3.81. The minimum Gasteiger partial charge on any atom is -0.468 e. The Balaban J connectivity index is 1.53. The molecule has 6 heteroatoms. The van der Waals surface area contributed by atoms with E-state index in [-0.39, 0.29) is 6.04 Å². The van der Waals surface area contributed by atoms with Crippen LogP contribution in [0.15, 0.2) is 27.3 Å². The summed E-state index contributed by atoms with van der Waals surface area (Å²) >= 11 is 0. The smallest absolute Gasteiger partial charge is 0.243 e. The summed E-state index contributed by atoms with van der Waals surface area (Å²) in [6.07, 6.45) is 1.73. The van der Waals surface area contributed by atoms with E-state index in [0.29, 0.717) is 11.7 Å². The SMILES string of the molecule is Cc1noc([C@@H](C)N2CCN(Cc3ccco3)CC2)n1. The zero-order valence-corrected chi connectivity index (χ0v) is 12.0. The van der Waals surface area contributed by atoms with Crippen LogP contribution in [0.4, 0.5) is 0 Å². The lowest BCUT2D eigenvalue weighted by Gasteiger charge is -2.36. The second-order valence-electron chi connectivity index (χ2n) is 5.25. The summed E-state index contributed by atoms with van der Waals surface area (Å²) in [5.41, 5.74) is 0. The van der Waals surface area contributed by atoms with Gasteiger partial charge in [0.15, 0.2) is 5.82 Å². The normalized spacial score (nSPS) is 19.3. The molecule has 0 radical (unpaired) electrons. The van der Waals surface area contributed by atoms with Gasteiger partial charge in [0.2, 0.25) is 5.89 Å². The predicted molar refractivity (Wildman–Crippen MR) is 73.0 cm³/mol. The first-order valence-electron chi connectivity index (χ1n) is 7.01. The van der Waals surface area contributed by atoms with Crippen molar-refractivity contribution in [1.29, 1.82) is 0 Å². The van der Waals surface area contributed by atoms with Crippen molar-refractivity contribution < 1.29 is 8.94 Å². The maximum Gasteiger partial charge on any atom is 0.243 e. The summed E-state index contributed by atoms with van der Waals surface area (Å²) in [7, 11) is 0. The molecule has 0 amide bonds. The highest BCUT2D eigenvalue weighted by molar-refractivity contribution is 4.98. The van der Waals surface area contributed by atoms with Crippen LogP contribution in [-0.4, -0.2) is 46.1 Å². The number of piperazine rings is 1. The zero-order valence-electron chi connectivity index (χ0n) is 12.0. The van der Waals surface area contributed by atoms with Gasteiger partial charge in [-0.05, 0) is 26.0 Å². The second-order valence-corrected chi connectivity index (χ2v) is 5.25. The topological polar surface area (TPSA) is 58.5 Å². The number of hydrogen-bond acceptors (Lipinski definition) is 6. The van der Waals surface area contributed by atoms with Gasteiger partial charge in [0.1, 0.15) is 5.76 Å². The van der Waals surface area contributed by atoms with Gasteiger partial charge >= 0.3 is 0 Å². The molecule has 0 bridgehead atoms. The number of furan rings is 1. The van der Waals surface area contributed by atoms with Crippen molar-refractivity contribution in [2.75, 3.05) is 26.2 Å². The van der Waals surface area contributed by atoms with Crippen molar-refractivity contribution >= 4 is 0 Å². The van der Waals surface area contributed by atoms with Gasteiger partial charge in [-0.25, -0.2) is 0 Å². The molecule has 0 spiro atoms. The lowest BCUT2D eigenvalue weighted by molar-refractivity contribution is 0.0808. The molecule has 2 aromatic heterocycles. The fraction of sp³-hybridized carbons (Fsp3) is 0.571. The van der Waals surface area contributed by atoms with E-state index in [1.54, 1.807) is 6.26 Å². The zero-order chi connectivity index (χ0) is 13.9. The van der Waals surface area contributed by atoms with Gasteiger partial charge in [-0.15, -0.1) is 0 Å². The molecular formula is C14H20N4O2. The van der Waals surface area contributed by atoms with Crippen molar-refractivity contribution in [2.24, 2.45) is 0 Å². The van der Waals surface area contributed by atoms with Gasteiger partial charge in [0, 0.05) is 26.2 Å². The van der Waals surface area contributed by atoms with Crippen LogP contribution in [0.3, 0.4) is 0 Å². The van der Waals surface area contributed by atoms with E-state index in [4.69, 9.17) is 8.94 Å². The molecular weight excluding hydrogens is 256 g/mol. The molecule has 3 heterocycles. The Morgan fingerprint density at radius 2 is 2.10 bits per heavy atom. The molecule has 1 aliphatic heterocycles. The molecule has 1 atom stereocenters. The fourth-order valence-corrected chi connectivity index (χ4v) is 2.57. The second kappa shape index (κ2) is 5.76. The standard InChI is InChI=1S/C14H20N4O2/c1-11(14-15-12(2)16-20-14)18-7-5-17(6-8-18)10-13-4-3-9-19-13/h3-4,9,11H,5-8,10H2,1-2H3/t11-/m1/s1. The van der Waals surface area contributed by atoms with Crippen molar-refractivity contribution in [1.82, 2.24) is 19.9 Å². The highest BCUT2D eigenvalue weighted by atomic mass is 16.5. The molecule has 1 fully saturated rings. The maximum atomic E-state index is 5.39. The van der Waals surface area contributed by atoms with Gasteiger partial charge in [0.05, 0.1) is 18.8 Å². The van der Waals surface area contributed by atoms with Crippen LogP contribution >= 0.6 is 0 Å². The minimum atomic E-state index is 0.182. The lowest BCUT2D eigenvalue weighted by Crippen LogP contribution is -2.46. The number of rotatable bonds is 4. The van der Waals surface area contributed by atoms with E-state index in [1.165, 1.54) is 0 Å². The van der Waals surface area contributed by atoms with Crippen molar-refractivity contribution in [3.63, 3.8) is 0 Å². The Bertz CT molecular complexity index is 529. The van der Waals surface area contributed by atoms with Crippen LogP contribution in [-0.2, 0) is 6.54 Å². The average molecular weight is 276 g/mol. The quantitative estimate of drug-likeness (QED) is 0.849. The summed E-state index contributed by atoms with van der Waals surface area (Å²) in [5.74, 6) is 2.43. The van der Waals surface area contributed by atoms with E-state index in [2.05, 4.69) is 26.9 Å². The molecule has 108 valence electrons. The minimum absolute atomic E-state index is 0.182. The molecule has 6 nitrogen and oxygen atoms in total. The molecule has 20 heavy (non-hydrogen) atoms. The third-order valence-electron chi connectivity index (χ3n) is 3.81. The summed E-state index contributed by atoms with van der Waals surface area (Å²) < 4.78 is 10.7. The summed E-state index contributed by atoms with van der Waals surface area (Å²) in [6.45, 7) is 8.91. The third kappa shape index (κ3) is 2.91. The molecule has 0 unspecified atom stereocenters. The largest absolute Gasteiger partial charge is 0.468 e. The number of nitrogens with zero attached hydrogens (tertiary/aromatic N) is 4. The first-order valence-corrected chi connectivity index (χ1v) is 7.01. The van der Waals surface area contributed by atoms with Crippen LogP contribution in [0.25, 0.3) is 0 Å². The van der Waals surface area contributed by atoms with Gasteiger partial charge in [-0.2, -0.15) is 4.98 Å². The highest BCUT2D eigenvalue weighted by Gasteiger charge is 2.25. The van der Waals surface area contributed by atoms with E-state index in [0.717, 1.165) is 38.5 Å². The summed E-state index contributed by atoms with van der Waals surface area (Å²) in [4.78, 5) is 9.10. The van der Waals surface area contributed by atoms with Crippen molar-refractivity contribution in [3.05, 3.63) is 35.9 Å². The van der Waals surface area contributed by atoms with E-state index >= 15 is 0 Å². The van der Waals surface area contributed by atoms with Gasteiger partial charge in [0.25, 0.3) is 0 Å². The highest BCUT2D eigenvalue weighted by Crippen LogP contribution is 2.20. The van der Waals surface area contributed by atoms with E-state index < -0.39 is 0 Å². The van der Waals surface area contributed by atoms with Crippen LogP contribution in [0, 0.1) is 6.92 Å². The van der Waals surface area contributed by atoms with Crippen LogP contribution < -0.4 is 0 Å². The number of aryl methyl sites for hydroxylation is 1. The molecule has 2 aromatic rings. The molecule has 1 saturated heterocycles. The Morgan fingerprint density at radius 3 is 2.70 bits per heavy atom. The van der Waals surface area contributed by atoms with Crippen molar-refractivity contribution in [3.8, 4) is 0 Å². The Morgan fingerprint density at radius 1 is 1.30 bits per heavy atom. The van der Waals surface area contributed by atoms with E-state index in [9.17, 15) is 0 Å². The van der Waals surface area contributed by atoms with Gasteiger partial charge in [-0.1, -0.05) is 5.16 Å². The monoisotopic (exact) mass is 276 g/mol. The lowest BCUT2D eigenvalue weighted by atomic mass is 10.2. The molecule has 1 aliphatic rings. The molecule has 3 rings (SSSR count). The molecule has 0 N–H and O–H groups in total. The van der Waals surface area contributed by atoms with Gasteiger partial charge < -0.3 is 8.94 Å².